The summed E-state index contributed by atoms with van der Waals surface area (Å²) in [7, 11) is -4.13. The van der Waals surface area contributed by atoms with Crippen molar-refractivity contribution >= 4 is 43.5 Å². The molecule has 0 bridgehead atoms. The summed E-state index contributed by atoms with van der Waals surface area (Å²) in [6, 6.07) is 19.9. The third-order valence-electron chi connectivity index (χ3n) is 7.46. The Hall–Kier alpha value is -3.37. The number of sulfonamides is 1. The second kappa shape index (κ2) is 14.2. The normalized spacial score (nSPS) is 14.3. The minimum atomic E-state index is -4.13. The van der Waals surface area contributed by atoms with Crippen LogP contribution in [0.25, 0.3) is 0 Å². The van der Waals surface area contributed by atoms with Crippen LogP contribution in [-0.4, -0.2) is 50.4 Å². The lowest BCUT2D eigenvalue weighted by molar-refractivity contribution is -0.139. The van der Waals surface area contributed by atoms with E-state index >= 15 is 0 Å². The van der Waals surface area contributed by atoms with Gasteiger partial charge in [0.05, 0.1) is 17.2 Å². The summed E-state index contributed by atoms with van der Waals surface area (Å²) < 4.78 is 35.5. The fourth-order valence-electron chi connectivity index (χ4n) is 5.00. The number of benzene rings is 3. The molecule has 0 aromatic heterocycles. The quantitative estimate of drug-likeness (QED) is 0.265. The van der Waals surface area contributed by atoms with Crippen molar-refractivity contribution in [3.63, 3.8) is 0 Å². The van der Waals surface area contributed by atoms with Crippen LogP contribution in [0.4, 0.5) is 5.69 Å². The molecule has 224 valence electrons. The first-order valence-electron chi connectivity index (χ1n) is 14.2. The van der Waals surface area contributed by atoms with E-state index in [1.165, 1.54) is 17.0 Å². The van der Waals surface area contributed by atoms with E-state index in [4.69, 9.17) is 4.74 Å². The van der Waals surface area contributed by atoms with Crippen LogP contribution < -0.4 is 14.4 Å². The maximum absolute atomic E-state index is 14.1. The fourth-order valence-corrected chi connectivity index (χ4v) is 6.68. The van der Waals surface area contributed by atoms with Crippen LogP contribution in [0.3, 0.4) is 0 Å². The molecule has 4 rings (SSSR count). The third-order valence-corrected chi connectivity index (χ3v) is 9.78. The molecule has 1 N–H and O–H groups in total. The van der Waals surface area contributed by atoms with Gasteiger partial charge in [-0.25, -0.2) is 8.42 Å². The number of hydrogen-bond acceptors (Lipinski definition) is 5. The van der Waals surface area contributed by atoms with Crippen molar-refractivity contribution in [3.8, 4) is 5.75 Å². The minimum Gasteiger partial charge on any atom is -0.494 e. The zero-order chi connectivity index (χ0) is 30.3. The molecule has 1 aliphatic rings. The molecule has 3 aromatic carbocycles. The van der Waals surface area contributed by atoms with E-state index in [1.54, 1.807) is 43.3 Å². The van der Waals surface area contributed by atoms with E-state index in [9.17, 15) is 18.0 Å². The maximum Gasteiger partial charge on any atom is 0.264 e. The SMILES string of the molecule is CCOc1ccc(N(CC(=O)N(Cc2ccc(Br)cc2)C(C)C(=O)NC2CCCC2)S(=O)(=O)c2ccc(C)cc2)cc1. The fraction of sp³-hybridized carbons (Fsp3) is 0.375. The molecule has 3 aromatic rings. The molecule has 0 heterocycles. The Kier molecular flexibility index (Phi) is 10.7. The van der Waals surface area contributed by atoms with Gasteiger partial charge in [0.25, 0.3) is 10.0 Å². The summed E-state index contributed by atoms with van der Waals surface area (Å²) in [5.74, 6) is -0.146. The van der Waals surface area contributed by atoms with Gasteiger partial charge in [-0.2, -0.15) is 0 Å². The number of anilines is 1. The summed E-state index contributed by atoms with van der Waals surface area (Å²) in [6.45, 7) is 5.56. The Balaban J connectivity index is 1.68. The van der Waals surface area contributed by atoms with Crippen molar-refractivity contribution in [1.29, 1.82) is 0 Å². The van der Waals surface area contributed by atoms with Gasteiger partial charge in [0.1, 0.15) is 18.3 Å². The Morgan fingerprint density at radius 2 is 1.60 bits per heavy atom. The van der Waals surface area contributed by atoms with E-state index in [0.717, 1.165) is 45.6 Å². The molecule has 1 unspecified atom stereocenters. The van der Waals surface area contributed by atoms with Crippen LogP contribution in [0.15, 0.2) is 82.2 Å². The Bertz CT molecular complexity index is 1460. The molecule has 0 saturated heterocycles. The van der Waals surface area contributed by atoms with Crippen LogP contribution in [0.1, 0.15) is 50.7 Å². The molecule has 0 aliphatic heterocycles. The number of nitrogens with one attached hydrogen (secondary N) is 1. The van der Waals surface area contributed by atoms with Crippen molar-refractivity contribution in [2.24, 2.45) is 0 Å². The molecule has 0 radical (unpaired) electrons. The van der Waals surface area contributed by atoms with Gasteiger partial charge < -0.3 is 15.0 Å². The summed E-state index contributed by atoms with van der Waals surface area (Å²) in [4.78, 5) is 29.0. The van der Waals surface area contributed by atoms with Crippen molar-refractivity contribution in [2.45, 2.75) is 70.0 Å². The van der Waals surface area contributed by atoms with Crippen LogP contribution in [0.5, 0.6) is 5.75 Å². The molecule has 42 heavy (non-hydrogen) atoms. The first-order valence-corrected chi connectivity index (χ1v) is 16.5. The van der Waals surface area contributed by atoms with E-state index in [2.05, 4.69) is 21.2 Å². The summed E-state index contributed by atoms with van der Waals surface area (Å²) in [6.07, 6.45) is 3.96. The lowest BCUT2D eigenvalue weighted by Gasteiger charge is -2.32. The zero-order valence-electron chi connectivity index (χ0n) is 24.3. The van der Waals surface area contributed by atoms with Gasteiger partial charge >= 0.3 is 0 Å². The van der Waals surface area contributed by atoms with E-state index in [1.807, 2.05) is 38.1 Å². The molecule has 1 aliphatic carbocycles. The number of ether oxygens (including phenoxy) is 1. The number of hydrogen-bond donors (Lipinski definition) is 1. The van der Waals surface area contributed by atoms with Gasteiger partial charge in [-0.15, -0.1) is 0 Å². The van der Waals surface area contributed by atoms with Gasteiger partial charge in [-0.3, -0.25) is 13.9 Å². The van der Waals surface area contributed by atoms with E-state index in [0.29, 0.717) is 18.0 Å². The molecular formula is C32H38BrN3O5S. The largest absolute Gasteiger partial charge is 0.494 e. The molecule has 8 nitrogen and oxygen atoms in total. The second-order valence-corrected chi connectivity index (χ2v) is 13.3. The number of amides is 2. The topological polar surface area (TPSA) is 96.0 Å². The number of carbonyl (C=O) groups is 2. The third kappa shape index (κ3) is 7.92. The van der Waals surface area contributed by atoms with Gasteiger partial charge in [0.2, 0.25) is 11.8 Å². The summed E-state index contributed by atoms with van der Waals surface area (Å²) in [5.41, 5.74) is 2.06. The number of rotatable bonds is 12. The smallest absolute Gasteiger partial charge is 0.264 e. The van der Waals surface area contributed by atoms with Crippen LogP contribution in [0, 0.1) is 6.92 Å². The van der Waals surface area contributed by atoms with Gasteiger partial charge in [-0.05, 0) is 87.7 Å². The average molecular weight is 657 g/mol. The number of nitrogens with zero attached hydrogens (tertiary/aromatic N) is 2. The average Bonchev–Trinajstić information content (AvgIpc) is 3.49. The first-order chi connectivity index (χ1) is 20.1. The Morgan fingerprint density at radius 3 is 2.19 bits per heavy atom. The standard InChI is InChI=1S/C32H38BrN3O5S/c1-4-41-29-17-15-28(16-18-29)36(42(39,40)30-19-9-23(2)10-20-30)22-31(37)35(21-25-11-13-26(33)14-12-25)24(3)32(38)34-27-7-5-6-8-27/h9-20,24,27H,4-8,21-22H2,1-3H3,(H,34,38). The highest BCUT2D eigenvalue weighted by Gasteiger charge is 2.33. The monoisotopic (exact) mass is 655 g/mol. The Labute approximate surface area is 257 Å². The van der Waals surface area contributed by atoms with Crippen molar-refractivity contribution in [2.75, 3.05) is 17.5 Å². The van der Waals surface area contributed by atoms with Gasteiger partial charge in [-0.1, -0.05) is 58.6 Å². The molecule has 1 saturated carbocycles. The number of carbonyl (C=O) groups excluding carboxylic acids is 2. The highest BCUT2D eigenvalue weighted by Crippen LogP contribution is 2.27. The maximum atomic E-state index is 14.1. The highest BCUT2D eigenvalue weighted by molar-refractivity contribution is 9.10. The molecule has 10 heteroatoms. The molecule has 1 fully saturated rings. The summed E-state index contributed by atoms with van der Waals surface area (Å²) >= 11 is 3.44. The number of aryl methyl sites for hydroxylation is 1. The molecule has 0 spiro atoms. The van der Waals surface area contributed by atoms with Crippen molar-refractivity contribution < 1.29 is 22.7 Å². The summed E-state index contributed by atoms with van der Waals surface area (Å²) in [5, 5.41) is 3.09. The van der Waals surface area contributed by atoms with Crippen LogP contribution in [-0.2, 0) is 26.2 Å². The van der Waals surface area contributed by atoms with Gasteiger partial charge in [0, 0.05) is 17.1 Å². The highest BCUT2D eigenvalue weighted by atomic mass is 79.9. The van der Waals surface area contributed by atoms with Crippen LogP contribution in [0.2, 0.25) is 0 Å². The predicted octanol–water partition coefficient (Wildman–Crippen LogP) is 5.83. The lowest BCUT2D eigenvalue weighted by Crippen LogP contribution is -2.52. The van der Waals surface area contributed by atoms with Crippen LogP contribution >= 0.6 is 15.9 Å². The van der Waals surface area contributed by atoms with E-state index < -0.39 is 28.5 Å². The molecule has 2 amide bonds. The predicted molar refractivity (Wildman–Crippen MR) is 168 cm³/mol. The molecular weight excluding hydrogens is 618 g/mol. The van der Waals surface area contributed by atoms with Gasteiger partial charge in [0.15, 0.2) is 0 Å². The first kappa shape index (κ1) is 31.6. The lowest BCUT2D eigenvalue weighted by atomic mass is 10.1. The Morgan fingerprint density at radius 1 is 0.976 bits per heavy atom. The van der Waals surface area contributed by atoms with E-state index in [-0.39, 0.29) is 23.4 Å². The minimum absolute atomic E-state index is 0.0706. The molecule has 1 atom stereocenters. The zero-order valence-corrected chi connectivity index (χ0v) is 26.7. The van der Waals surface area contributed by atoms with Crippen molar-refractivity contribution in [1.82, 2.24) is 10.2 Å². The number of halogens is 1. The van der Waals surface area contributed by atoms with Crippen molar-refractivity contribution in [3.05, 3.63) is 88.4 Å². The second-order valence-electron chi connectivity index (χ2n) is 10.6.